The summed E-state index contributed by atoms with van der Waals surface area (Å²) in [6.07, 6.45) is -0.0579. The Hall–Kier alpha value is -2.49. The van der Waals surface area contributed by atoms with E-state index in [0.717, 1.165) is 5.56 Å². The van der Waals surface area contributed by atoms with Gasteiger partial charge in [0.15, 0.2) is 0 Å². The number of esters is 1. The Morgan fingerprint density at radius 2 is 1.90 bits per heavy atom. The molecule has 0 spiro atoms. The molecule has 4 nitrogen and oxygen atoms in total. The van der Waals surface area contributed by atoms with E-state index in [0.29, 0.717) is 11.4 Å². The molecule has 0 bridgehead atoms. The van der Waals surface area contributed by atoms with Crippen molar-refractivity contribution in [2.24, 2.45) is 0 Å². The van der Waals surface area contributed by atoms with Gasteiger partial charge in [0, 0.05) is 11.8 Å². The van der Waals surface area contributed by atoms with Crippen molar-refractivity contribution >= 4 is 11.7 Å². The van der Waals surface area contributed by atoms with E-state index in [-0.39, 0.29) is 25.1 Å². The van der Waals surface area contributed by atoms with Gasteiger partial charge in [0.25, 0.3) is 0 Å². The highest BCUT2D eigenvalue weighted by Gasteiger charge is 2.11. The normalized spacial score (nSPS) is 11.7. The van der Waals surface area contributed by atoms with Crippen LogP contribution in [0.1, 0.15) is 25.0 Å². The number of nitrogens with two attached hydrogens (primary N) is 1. The molecule has 2 rings (SSSR count). The van der Waals surface area contributed by atoms with Crippen LogP contribution in [0.15, 0.2) is 54.6 Å². The van der Waals surface area contributed by atoms with Gasteiger partial charge in [-0.05, 0) is 24.6 Å². The SMILES string of the molecule is CC(OC(=O)CCOc1cccc(N)c1)c1ccccc1. The lowest BCUT2D eigenvalue weighted by Crippen LogP contribution is -2.12. The standard InChI is InChI=1S/C17H19NO3/c1-13(14-6-3-2-4-7-14)21-17(19)10-11-20-16-9-5-8-15(18)12-16/h2-9,12-13H,10-11,18H2,1H3. The molecule has 0 fully saturated rings. The van der Waals surface area contributed by atoms with Crippen molar-refractivity contribution < 1.29 is 14.3 Å². The lowest BCUT2D eigenvalue weighted by Gasteiger charge is -2.13. The minimum atomic E-state index is -0.282. The number of hydrogen-bond acceptors (Lipinski definition) is 4. The second-order valence-electron chi connectivity index (χ2n) is 4.71. The topological polar surface area (TPSA) is 61.5 Å². The minimum absolute atomic E-state index is 0.200. The summed E-state index contributed by atoms with van der Waals surface area (Å²) in [5.41, 5.74) is 7.26. The first-order chi connectivity index (χ1) is 10.1. The maximum Gasteiger partial charge on any atom is 0.309 e. The molecule has 21 heavy (non-hydrogen) atoms. The number of carbonyl (C=O) groups is 1. The Bertz CT molecular complexity index is 584. The average molecular weight is 285 g/mol. The summed E-state index contributed by atoms with van der Waals surface area (Å²) in [6, 6.07) is 16.7. The zero-order valence-corrected chi connectivity index (χ0v) is 12.0. The maximum absolute atomic E-state index is 11.8. The molecule has 0 aliphatic rings. The van der Waals surface area contributed by atoms with Crippen LogP contribution in [0.3, 0.4) is 0 Å². The lowest BCUT2D eigenvalue weighted by molar-refractivity contribution is -0.149. The fraction of sp³-hybridized carbons (Fsp3) is 0.235. The molecule has 1 unspecified atom stereocenters. The summed E-state index contributed by atoms with van der Waals surface area (Å²) in [4.78, 5) is 11.8. The average Bonchev–Trinajstić information content (AvgIpc) is 2.48. The molecule has 0 saturated heterocycles. The lowest BCUT2D eigenvalue weighted by atomic mass is 10.1. The van der Waals surface area contributed by atoms with E-state index < -0.39 is 0 Å². The molecule has 0 saturated carbocycles. The predicted molar refractivity (Wildman–Crippen MR) is 81.9 cm³/mol. The van der Waals surface area contributed by atoms with Crippen molar-refractivity contribution in [3.63, 3.8) is 0 Å². The minimum Gasteiger partial charge on any atom is -0.493 e. The molecule has 0 radical (unpaired) electrons. The number of carbonyl (C=O) groups excluding carboxylic acids is 1. The summed E-state index contributed by atoms with van der Waals surface area (Å²) in [6.45, 7) is 2.12. The molecular formula is C17H19NO3. The Labute approximate surface area is 124 Å². The Morgan fingerprint density at radius 1 is 1.14 bits per heavy atom. The van der Waals surface area contributed by atoms with Gasteiger partial charge in [0.05, 0.1) is 13.0 Å². The summed E-state index contributed by atoms with van der Waals surface area (Å²) in [5.74, 6) is 0.370. The number of rotatable bonds is 6. The van der Waals surface area contributed by atoms with Crippen LogP contribution in [0.5, 0.6) is 5.75 Å². The first-order valence-corrected chi connectivity index (χ1v) is 6.88. The molecule has 0 heterocycles. The van der Waals surface area contributed by atoms with E-state index in [2.05, 4.69) is 0 Å². The maximum atomic E-state index is 11.8. The molecule has 2 N–H and O–H groups in total. The van der Waals surface area contributed by atoms with Crippen LogP contribution in [0.4, 0.5) is 5.69 Å². The summed E-state index contributed by atoms with van der Waals surface area (Å²) in [5, 5.41) is 0. The van der Waals surface area contributed by atoms with Crippen molar-refractivity contribution in [2.45, 2.75) is 19.4 Å². The highest BCUT2D eigenvalue weighted by atomic mass is 16.5. The smallest absolute Gasteiger partial charge is 0.309 e. The number of hydrogen-bond donors (Lipinski definition) is 1. The summed E-state index contributed by atoms with van der Waals surface area (Å²) in [7, 11) is 0. The van der Waals surface area contributed by atoms with Gasteiger partial charge in [-0.15, -0.1) is 0 Å². The van der Waals surface area contributed by atoms with E-state index in [1.165, 1.54) is 0 Å². The van der Waals surface area contributed by atoms with E-state index in [1.807, 2.05) is 37.3 Å². The highest BCUT2D eigenvalue weighted by molar-refractivity contribution is 5.69. The zero-order chi connectivity index (χ0) is 15.1. The molecule has 110 valence electrons. The van der Waals surface area contributed by atoms with Crippen molar-refractivity contribution in [1.82, 2.24) is 0 Å². The molecule has 2 aromatic carbocycles. The quantitative estimate of drug-likeness (QED) is 0.653. The monoisotopic (exact) mass is 285 g/mol. The molecule has 4 heteroatoms. The molecule has 0 aromatic heterocycles. The van der Waals surface area contributed by atoms with E-state index in [4.69, 9.17) is 15.2 Å². The molecule has 0 aliphatic carbocycles. The van der Waals surface area contributed by atoms with Crippen LogP contribution in [-0.4, -0.2) is 12.6 Å². The predicted octanol–water partition coefficient (Wildman–Crippen LogP) is 3.34. The number of benzene rings is 2. The number of ether oxygens (including phenoxy) is 2. The van der Waals surface area contributed by atoms with Crippen molar-refractivity contribution in [3.05, 3.63) is 60.2 Å². The van der Waals surface area contributed by atoms with Gasteiger partial charge >= 0.3 is 5.97 Å². The molecule has 2 aromatic rings. The Kier molecular flexibility index (Phi) is 5.21. The third-order valence-corrected chi connectivity index (χ3v) is 3.01. The fourth-order valence-corrected chi connectivity index (χ4v) is 1.90. The molecule has 1 atom stereocenters. The van der Waals surface area contributed by atoms with Gasteiger partial charge in [-0.25, -0.2) is 0 Å². The third-order valence-electron chi connectivity index (χ3n) is 3.01. The number of nitrogen functional groups attached to an aromatic ring is 1. The van der Waals surface area contributed by atoms with E-state index in [1.54, 1.807) is 24.3 Å². The van der Waals surface area contributed by atoms with Crippen LogP contribution >= 0.6 is 0 Å². The summed E-state index contributed by atoms with van der Waals surface area (Å²) < 4.78 is 10.8. The zero-order valence-electron chi connectivity index (χ0n) is 12.0. The van der Waals surface area contributed by atoms with Gasteiger partial charge in [0.2, 0.25) is 0 Å². The van der Waals surface area contributed by atoms with Crippen molar-refractivity contribution in [3.8, 4) is 5.75 Å². The largest absolute Gasteiger partial charge is 0.493 e. The van der Waals surface area contributed by atoms with Crippen LogP contribution in [0.25, 0.3) is 0 Å². The van der Waals surface area contributed by atoms with Crippen LogP contribution in [0, 0.1) is 0 Å². The first-order valence-electron chi connectivity index (χ1n) is 6.88. The second-order valence-corrected chi connectivity index (χ2v) is 4.71. The van der Waals surface area contributed by atoms with Gasteiger partial charge in [-0.3, -0.25) is 4.79 Å². The van der Waals surface area contributed by atoms with E-state index in [9.17, 15) is 4.79 Å². The number of anilines is 1. The highest BCUT2D eigenvalue weighted by Crippen LogP contribution is 2.17. The van der Waals surface area contributed by atoms with Crippen LogP contribution in [0.2, 0.25) is 0 Å². The van der Waals surface area contributed by atoms with Crippen LogP contribution < -0.4 is 10.5 Å². The van der Waals surface area contributed by atoms with Gasteiger partial charge in [0.1, 0.15) is 11.9 Å². The molecule has 0 aliphatic heterocycles. The van der Waals surface area contributed by atoms with Crippen molar-refractivity contribution in [1.29, 1.82) is 0 Å². The van der Waals surface area contributed by atoms with Gasteiger partial charge in [-0.1, -0.05) is 36.4 Å². The van der Waals surface area contributed by atoms with Crippen molar-refractivity contribution in [2.75, 3.05) is 12.3 Å². The Balaban J connectivity index is 1.75. The van der Waals surface area contributed by atoms with Gasteiger partial charge < -0.3 is 15.2 Å². The molecular weight excluding hydrogens is 266 g/mol. The van der Waals surface area contributed by atoms with Crippen LogP contribution in [-0.2, 0) is 9.53 Å². The third kappa shape index (κ3) is 4.84. The Morgan fingerprint density at radius 3 is 2.62 bits per heavy atom. The second kappa shape index (κ2) is 7.33. The van der Waals surface area contributed by atoms with Gasteiger partial charge in [-0.2, -0.15) is 0 Å². The molecule has 0 amide bonds. The summed E-state index contributed by atoms with van der Waals surface area (Å²) >= 11 is 0. The first kappa shape index (κ1) is 14.9. The fourth-order valence-electron chi connectivity index (χ4n) is 1.90. The van der Waals surface area contributed by atoms with E-state index >= 15 is 0 Å².